The molecule has 5 heteroatoms. The monoisotopic (exact) mass is 348 g/mol. The Hall–Kier alpha value is -1.75. The standard InChI is InChI=1S/C16H14BrFN2O/c17-12-3-1-4-13(18)15(12)16(21)20-10-2-5-14(20)11-6-8-19-9-7-11/h1,3-4,6-9,14H,2,5,10H2. The van der Waals surface area contributed by atoms with Crippen LogP contribution in [0.25, 0.3) is 0 Å². The number of hydrogen-bond donors (Lipinski definition) is 0. The van der Waals surface area contributed by atoms with Crippen molar-refractivity contribution in [3.05, 3.63) is 64.1 Å². The summed E-state index contributed by atoms with van der Waals surface area (Å²) in [7, 11) is 0. The van der Waals surface area contributed by atoms with Gasteiger partial charge in [-0.15, -0.1) is 0 Å². The number of rotatable bonds is 2. The van der Waals surface area contributed by atoms with Crippen LogP contribution in [0.15, 0.2) is 47.2 Å². The van der Waals surface area contributed by atoms with Gasteiger partial charge in [0.15, 0.2) is 0 Å². The first-order valence-corrected chi connectivity index (χ1v) is 7.62. The molecule has 0 radical (unpaired) electrons. The molecule has 1 saturated heterocycles. The largest absolute Gasteiger partial charge is 0.331 e. The normalized spacial score (nSPS) is 18.0. The second kappa shape index (κ2) is 5.93. The molecule has 1 unspecified atom stereocenters. The van der Waals surface area contributed by atoms with Crippen molar-refractivity contribution in [2.45, 2.75) is 18.9 Å². The lowest BCUT2D eigenvalue weighted by atomic mass is 10.1. The smallest absolute Gasteiger partial charge is 0.258 e. The maximum Gasteiger partial charge on any atom is 0.258 e. The molecule has 0 N–H and O–H groups in total. The van der Waals surface area contributed by atoms with E-state index in [1.54, 1.807) is 29.4 Å². The summed E-state index contributed by atoms with van der Waals surface area (Å²) in [5.41, 5.74) is 1.15. The van der Waals surface area contributed by atoms with E-state index in [9.17, 15) is 9.18 Å². The first-order valence-electron chi connectivity index (χ1n) is 6.83. The summed E-state index contributed by atoms with van der Waals surface area (Å²) in [5.74, 6) is -0.756. The quantitative estimate of drug-likeness (QED) is 0.822. The van der Waals surface area contributed by atoms with Crippen molar-refractivity contribution in [2.24, 2.45) is 0 Å². The summed E-state index contributed by atoms with van der Waals surface area (Å²) < 4.78 is 14.5. The minimum Gasteiger partial charge on any atom is -0.331 e. The molecule has 3 nitrogen and oxygen atoms in total. The number of likely N-dealkylation sites (tertiary alicyclic amines) is 1. The molecule has 1 aliphatic heterocycles. The molecule has 0 aliphatic carbocycles. The van der Waals surface area contributed by atoms with Gasteiger partial charge in [-0.05, 0) is 58.6 Å². The fourth-order valence-electron chi connectivity index (χ4n) is 2.79. The number of carbonyl (C=O) groups excluding carboxylic acids is 1. The van der Waals surface area contributed by atoms with Gasteiger partial charge in [-0.3, -0.25) is 9.78 Å². The summed E-state index contributed by atoms with van der Waals surface area (Å²) in [6.45, 7) is 0.645. The van der Waals surface area contributed by atoms with Crippen LogP contribution in [0.1, 0.15) is 34.8 Å². The molecule has 1 aromatic heterocycles. The zero-order chi connectivity index (χ0) is 14.8. The van der Waals surface area contributed by atoms with E-state index in [-0.39, 0.29) is 17.5 Å². The number of amides is 1. The van der Waals surface area contributed by atoms with E-state index >= 15 is 0 Å². The van der Waals surface area contributed by atoms with E-state index < -0.39 is 5.82 Å². The molecule has 0 saturated carbocycles. The van der Waals surface area contributed by atoms with Crippen molar-refractivity contribution in [2.75, 3.05) is 6.54 Å². The molecular weight excluding hydrogens is 335 g/mol. The molecule has 1 atom stereocenters. The van der Waals surface area contributed by atoms with Gasteiger partial charge in [0.1, 0.15) is 5.82 Å². The number of aromatic nitrogens is 1. The predicted octanol–water partition coefficient (Wildman–Crippen LogP) is 3.96. The Morgan fingerprint density at radius 1 is 1.29 bits per heavy atom. The molecule has 1 amide bonds. The van der Waals surface area contributed by atoms with Crippen molar-refractivity contribution < 1.29 is 9.18 Å². The van der Waals surface area contributed by atoms with Gasteiger partial charge < -0.3 is 4.90 Å². The number of carbonyl (C=O) groups is 1. The molecule has 2 heterocycles. The van der Waals surface area contributed by atoms with Gasteiger partial charge in [-0.1, -0.05) is 6.07 Å². The molecule has 3 rings (SSSR count). The van der Waals surface area contributed by atoms with Gasteiger partial charge in [0.05, 0.1) is 11.6 Å². The third-order valence-corrected chi connectivity index (χ3v) is 4.44. The lowest BCUT2D eigenvalue weighted by molar-refractivity contribution is 0.0730. The van der Waals surface area contributed by atoms with Crippen LogP contribution in [0.5, 0.6) is 0 Å². The van der Waals surface area contributed by atoms with Gasteiger partial charge in [-0.2, -0.15) is 0 Å². The minimum atomic E-state index is -0.491. The minimum absolute atomic E-state index is 0.00740. The Bertz CT molecular complexity index is 642. The summed E-state index contributed by atoms with van der Waals surface area (Å²) in [4.78, 5) is 18.5. The zero-order valence-electron chi connectivity index (χ0n) is 11.3. The lowest BCUT2D eigenvalue weighted by Gasteiger charge is -2.25. The van der Waals surface area contributed by atoms with Crippen molar-refractivity contribution in [1.29, 1.82) is 0 Å². The van der Waals surface area contributed by atoms with Gasteiger partial charge >= 0.3 is 0 Å². The number of nitrogens with zero attached hydrogens (tertiary/aromatic N) is 2. The fourth-order valence-corrected chi connectivity index (χ4v) is 3.30. The topological polar surface area (TPSA) is 33.2 Å². The molecule has 0 bridgehead atoms. The second-order valence-electron chi connectivity index (χ2n) is 5.03. The van der Waals surface area contributed by atoms with Crippen molar-refractivity contribution in [3.63, 3.8) is 0 Å². The molecular formula is C16H14BrFN2O. The zero-order valence-corrected chi connectivity index (χ0v) is 12.9. The fraction of sp³-hybridized carbons (Fsp3) is 0.250. The van der Waals surface area contributed by atoms with Gasteiger partial charge in [0.25, 0.3) is 5.91 Å². The van der Waals surface area contributed by atoms with Crippen molar-refractivity contribution in [1.82, 2.24) is 9.88 Å². The van der Waals surface area contributed by atoms with Gasteiger partial charge in [0, 0.05) is 23.4 Å². The number of halogens is 2. The molecule has 1 fully saturated rings. The van der Waals surface area contributed by atoms with Crippen molar-refractivity contribution >= 4 is 21.8 Å². The second-order valence-corrected chi connectivity index (χ2v) is 5.89. The first kappa shape index (κ1) is 14.2. The van der Waals surface area contributed by atoms with Crippen LogP contribution in [-0.2, 0) is 0 Å². The Morgan fingerprint density at radius 3 is 2.76 bits per heavy atom. The number of pyridine rings is 1. The van der Waals surface area contributed by atoms with Crippen LogP contribution in [0.4, 0.5) is 4.39 Å². The molecule has 1 aromatic carbocycles. The van der Waals surface area contributed by atoms with E-state index in [1.807, 2.05) is 12.1 Å². The first-order chi connectivity index (χ1) is 10.2. The highest BCUT2D eigenvalue weighted by atomic mass is 79.9. The number of benzene rings is 1. The Kier molecular flexibility index (Phi) is 4.01. The highest BCUT2D eigenvalue weighted by molar-refractivity contribution is 9.10. The Balaban J connectivity index is 1.94. The molecule has 21 heavy (non-hydrogen) atoms. The van der Waals surface area contributed by atoms with Crippen LogP contribution in [-0.4, -0.2) is 22.3 Å². The van der Waals surface area contributed by atoms with E-state index in [1.165, 1.54) is 6.07 Å². The number of hydrogen-bond acceptors (Lipinski definition) is 2. The summed E-state index contributed by atoms with van der Waals surface area (Å²) in [5, 5.41) is 0. The van der Waals surface area contributed by atoms with Gasteiger partial charge in [-0.25, -0.2) is 4.39 Å². The Labute approximate surface area is 130 Å². The Morgan fingerprint density at radius 2 is 2.05 bits per heavy atom. The summed E-state index contributed by atoms with van der Waals surface area (Å²) in [6, 6.07) is 8.40. The summed E-state index contributed by atoms with van der Waals surface area (Å²) >= 11 is 3.27. The van der Waals surface area contributed by atoms with Gasteiger partial charge in [0.2, 0.25) is 0 Å². The average molecular weight is 349 g/mol. The van der Waals surface area contributed by atoms with Crippen LogP contribution in [0.2, 0.25) is 0 Å². The third-order valence-electron chi connectivity index (χ3n) is 3.78. The summed E-state index contributed by atoms with van der Waals surface area (Å²) in [6.07, 6.45) is 5.25. The average Bonchev–Trinajstić information content (AvgIpc) is 2.97. The van der Waals surface area contributed by atoms with Crippen LogP contribution < -0.4 is 0 Å². The lowest BCUT2D eigenvalue weighted by Crippen LogP contribution is -2.31. The highest BCUT2D eigenvalue weighted by Crippen LogP contribution is 2.34. The predicted molar refractivity (Wildman–Crippen MR) is 81.3 cm³/mol. The molecule has 108 valence electrons. The third kappa shape index (κ3) is 2.70. The highest BCUT2D eigenvalue weighted by Gasteiger charge is 2.32. The van der Waals surface area contributed by atoms with E-state index in [0.29, 0.717) is 11.0 Å². The van der Waals surface area contributed by atoms with Crippen LogP contribution in [0.3, 0.4) is 0 Å². The molecule has 1 aliphatic rings. The SMILES string of the molecule is O=C(c1c(F)cccc1Br)N1CCCC1c1ccncc1. The van der Waals surface area contributed by atoms with Crippen LogP contribution >= 0.6 is 15.9 Å². The van der Waals surface area contributed by atoms with E-state index in [0.717, 1.165) is 18.4 Å². The van der Waals surface area contributed by atoms with E-state index in [4.69, 9.17) is 0 Å². The molecule has 0 spiro atoms. The maximum absolute atomic E-state index is 14.0. The molecule has 2 aromatic rings. The van der Waals surface area contributed by atoms with Crippen LogP contribution in [0, 0.1) is 5.82 Å². The van der Waals surface area contributed by atoms with E-state index in [2.05, 4.69) is 20.9 Å². The maximum atomic E-state index is 14.0. The van der Waals surface area contributed by atoms with Crippen molar-refractivity contribution in [3.8, 4) is 0 Å².